The van der Waals surface area contributed by atoms with Crippen molar-refractivity contribution in [2.75, 3.05) is 0 Å². The first kappa shape index (κ1) is 18.6. The third kappa shape index (κ3) is 4.03. The fourth-order valence-electron chi connectivity index (χ4n) is 2.31. The first-order valence-electron chi connectivity index (χ1n) is 7.19. The molecule has 0 amide bonds. The van der Waals surface area contributed by atoms with E-state index < -0.39 is 17.6 Å². The molecular formula is C18H15ClF2N2O2. The van der Waals surface area contributed by atoms with Crippen LogP contribution >= 0.6 is 11.6 Å². The Kier molecular flexibility index (Phi) is 5.54. The van der Waals surface area contributed by atoms with Crippen LogP contribution in [0.2, 0.25) is 0 Å². The van der Waals surface area contributed by atoms with E-state index in [1.54, 1.807) is 0 Å². The van der Waals surface area contributed by atoms with Crippen LogP contribution in [0.4, 0.5) is 8.78 Å². The Balaban J connectivity index is 2.49. The first-order valence-corrected chi connectivity index (χ1v) is 7.57. The number of hydrogen-bond donors (Lipinski definition) is 2. The molecule has 2 aromatic rings. The molecule has 1 aromatic carbocycles. The Hall–Kier alpha value is -2.73. The zero-order valence-electron chi connectivity index (χ0n) is 13.5. The largest absolute Gasteiger partial charge is 0.478 e. The number of hydrogen-bond acceptors (Lipinski definition) is 3. The van der Waals surface area contributed by atoms with Crippen LogP contribution in [-0.2, 0) is 0 Å². The van der Waals surface area contributed by atoms with Crippen LogP contribution < -0.4 is 5.32 Å². The number of aromatic carboxylic acids is 1. The molecule has 1 aromatic heterocycles. The molecule has 0 spiro atoms. The fourth-order valence-corrected chi connectivity index (χ4v) is 2.45. The van der Waals surface area contributed by atoms with E-state index >= 15 is 0 Å². The van der Waals surface area contributed by atoms with Crippen LogP contribution in [0.5, 0.6) is 0 Å². The summed E-state index contributed by atoms with van der Waals surface area (Å²) < 4.78 is 27.4. The molecule has 0 saturated heterocycles. The molecule has 0 atom stereocenters. The Morgan fingerprint density at radius 2 is 1.96 bits per heavy atom. The number of rotatable bonds is 5. The topological polar surface area (TPSA) is 62.2 Å². The molecule has 25 heavy (non-hydrogen) atoms. The normalized spacial score (nSPS) is 11.7. The van der Waals surface area contributed by atoms with E-state index in [0.29, 0.717) is 5.69 Å². The Bertz CT molecular complexity index is 873. The highest BCUT2D eigenvalue weighted by Gasteiger charge is 2.20. The van der Waals surface area contributed by atoms with Crippen molar-refractivity contribution in [1.82, 2.24) is 10.3 Å². The maximum Gasteiger partial charge on any atom is 0.335 e. The van der Waals surface area contributed by atoms with E-state index in [0.717, 1.165) is 12.3 Å². The van der Waals surface area contributed by atoms with Gasteiger partial charge in [0.1, 0.15) is 11.6 Å². The molecule has 0 bridgehead atoms. The molecule has 2 rings (SSSR count). The van der Waals surface area contributed by atoms with Gasteiger partial charge in [0.25, 0.3) is 0 Å². The van der Waals surface area contributed by atoms with E-state index in [9.17, 15) is 18.7 Å². The molecule has 4 nitrogen and oxygen atoms in total. The second kappa shape index (κ2) is 7.44. The third-order valence-corrected chi connectivity index (χ3v) is 3.74. The van der Waals surface area contributed by atoms with Crippen LogP contribution in [0.25, 0.3) is 11.4 Å². The van der Waals surface area contributed by atoms with Gasteiger partial charge in [-0.2, -0.15) is 0 Å². The number of pyridine rings is 1. The predicted octanol–water partition coefficient (Wildman–Crippen LogP) is 4.55. The molecule has 2 N–H and O–H groups in total. The molecule has 0 unspecified atom stereocenters. The van der Waals surface area contributed by atoms with Crippen molar-refractivity contribution in [2.24, 2.45) is 0 Å². The number of allylic oxidation sites excluding steroid dienone is 1. The molecule has 130 valence electrons. The van der Waals surface area contributed by atoms with Gasteiger partial charge in [-0.3, -0.25) is 4.98 Å². The van der Waals surface area contributed by atoms with Gasteiger partial charge in [0, 0.05) is 10.6 Å². The highest BCUT2D eigenvalue weighted by Crippen LogP contribution is 2.29. The fraction of sp³-hybridized carbons (Fsp3) is 0.111. The number of carboxylic acid groups (broad SMARTS) is 1. The number of benzene rings is 1. The van der Waals surface area contributed by atoms with Gasteiger partial charge in [-0.05, 0) is 43.7 Å². The molecule has 0 saturated carbocycles. The van der Waals surface area contributed by atoms with Gasteiger partial charge in [0.2, 0.25) is 0 Å². The zero-order valence-corrected chi connectivity index (χ0v) is 14.3. The summed E-state index contributed by atoms with van der Waals surface area (Å²) in [7, 11) is 0. The van der Waals surface area contributed by atoms with E-state index in [1.807, 2.05) is 0 Å². The van der Waals surface area contributed by atoms with Crippen LogP contribution in [0.3, 0.4) is 0 Å². The smallest absolute Gasteiger partial charge is 0.335 e. The second-order valence-corrected chi connectivity index (χ2v) is 5.84. The number of carbonyl (C=O) groups is 1. The number of carboxylic acids is 1. The molecule has 1 heterocycles. The SMILES string of the molecule is C=C(N/C(=C(\C)Cl)c1c(F)ccc(C(=O)O)c1C)c1ccc(F)cn1. The van der Waals surface area contributed by atoms with E-state index in [4.69, 9.17) is 11.6 Å². The van der Waals surface area contributed by atoms with E-state index in [-0.39, 0.29) is 33.1 Å². The van der Waals surface area contributed by atoms with Gasteiger partial charge in [-0.25, -0.2) is 13.6 Å². The second-order valence-electron chi connectivity index (χ2n) is 5.27. The van der Waals surface area contributed by atoms with Crippen molar-refractivity contribution in [3.8, 4) is 0 Å². The zero-order chi connectivity index (χ0) is 18.7. The van der Waals surface area contributed by atoms with Crippen LogP contribution in [0, 0.1) is 18.6 Å². The summed E-state index contributed by atoms with van der Waals surface area (Å²) in [6, 6.07) is 4.87. The maximum absolute atomic E-state index is 14.4. The maximum atomic E-state index is 14.4. The third-order valence-electron chi connectivity index (χ3n) is 3.55. The summed E-state index contributed by atoms with van der Waals surface area (Å²) >= 11 is 6.09. The van der Waals surface area contributed by atoms with Crippen LogP contribution in [0.1, 0.15) is 34.1 Å². The lowest BCUT2D eigenvalue weighted by Crippen LogP contribution is -2.16. The van der Waals surface area contributed by atoms with Gasteiger partial charge in [-0.15, -0.1) is 0 Å². The van der Waals surface area contributed by atoms with Crippen molar-refractivity contribution >= 4 is 29.0 Å². The molecule has 0 aliphatic heterocycles. The number of halogens is 3. The molecule has 0 radical (unpaired) electrons. The summed E-state index contributed by atoms with van der Waals surface area (Å²) in [6.07, 6.45) is 1.02. The summed E-state index contributed by atoms with van der Waals surface area (Å²) in [5, 5.41) is 12.3. The minimum absolute atomic E-state index is 0.0238. The monoisotopic (exact) mass is 364 g/mol. The predicted molar refractivity (Wildman–Crippen MR) is 92.9 cm³/mol. The minimum Gasteiger partial charge on any atom is -0.478 e. The highest BCUT2D eigenvalue weighted by atomic mass is 35.5. The summed E-state index contributed by atoms with van der Waals surface area (Å²) in [4.78, 5) is 15.2. The highest BCUT2D eigenvalue weighted by molar-refractivity contribution is 6.32. The van der Waals surface area contributed by atoms with Crippen LogP contribution in [-0.4, -0.2) is 16.1 Å². The van der Waals surface area contributed by atoms with Gasteiger partial charge in [-0.1, -0.05) is 18.2 Å². The molecule has 0 fully saturated rings. The molecule has 0 aliphatic rings. The van der Waals surface area contributed by atoms with Crippen LogP contribution in [0.15, 0.2) is 42.1 Å². The Morgan fingerprint density at radius 1 is 1.28 bits per heavy atom. The lowest BCUT2D eigenvalue weighted by molar-refractivity contribution is 0.0696. The lowest BCUT2D eigenvalue weighted by Gasteiger charge is -2.18. The van der Waals surface area contributed by atoms with E-state index in [2.05, 4.69) is 16.9 Å². The van der Waals surface area contributed by atoms with Gasteiger partial charge < -0.3 is 10.4 Å². The summed E-state index contributed by atoms with van der Waals surface area (Å²) in [5.41, 5.74) is 0.958. The summed E-state index contributed by atoms with van der Waals surface area (Å²) in [6.45, 7) is 6.81. The van der Waals surface area contributed by atoms with E-state index in [1.165, 1.54) is 32.0 Å². The Morgan fingerprint density at radius 3 is 2.48 bits per heavy atom. The van der Waals surface area contributed by atoms with Crippen molar-refractivity contribution in [3.05, 3.63) is 76.1 Å². The average molecular weight is 365 g/mol. The Labute approximate surface area is 148 Å². The average Bonchev–Trinajstić information content (AvgIpc) is 2.53. The lowest BCUT2D eigenvalue weighted by atomic mass is 9.98. The molecule has 7 heteroatoms. The first-order chi connectivity index (χ1) is 11.7. The number of aromatic nitrogens is 1. The van der Waals surface area contributed by atoms with Gasteiger partial charge in [0.15, 0.2) is 0 Å². The van der Waals surface area contributed by atoms with Gasteiger partial charge >= 0.3 is 5.97 Å². The van der Waals surface area contributed by atoms with Crippen molar-refractivity contribution in [3.63, 3.8) is 0 Å². The summed E-state index contributed by atoms with van der Waals surface area (Å²) in [5.74, 6) is -2.31. The number of nitrogens with one attached hydrogen (secondary N) is 1. The number of nitrogens with zero attached hydrogens (tertiary/aromatic N) is 1. The van der Waals surface area contributed by atoms with Gasteiger partial charge in [0.05, 0.1) is 28.8 Å². The standard InChI is InChI=1S/C18H15ClF2N2O2/c1-9-13(18(24)25)5-6-14(21)16(9)17(10(2)19)23-11(3)15-7-4-12(20)8-22-15/h4-8,23H,3H2,1-2H3,(H,24,25)/b17-10+. The van der Waals surface area contributed by atoms with Crippen molar-refractivity contribution < 1.29 is 18.7 Å². The molecule has 0 aliphatic carbocycles. The van der Waals surface area contributed by atoms with Crippen molar-refractivity contribution in [2.45, 2.75) is 13.8 Å². The van der Waals surface area contributed by atoms with Crippen molar-refractivity contribution in [1.29, 1.82) is 0 Å². The quantitative estimate of drug-likeness (QED) is 0.816. The minimum atomic E-state index is -1.18. The molecular weight excluding hydrogens is 350 g/mol.